The molecule has 0 aliphatic carbocycles. The first-order chi connectivity index (χ1) is 10.6. The minimum atomic E-state index is 0. The fourth-order valence-corrected chi connectivity index (χ4v) is 3.25. The summed E-state index contributed by atoms with van der Waals surface area (Å²) in [5, 5.41) is 0. The fraction of sp³-hybridized carbons (Fsp3) is 0.333. The summed E-state index contributed by atoms with van der Waals surface area (Å²) >= 11 is 0. The van der Waals surface area contributed by atoms with Gasteiger partial charge >= 0.3 is 5.69 Å². The summed E-state index contributed by atoms with van der Waals surface area (Å²) < 4.78 is 3.67. The lowest BCUT2D eigenvalue weighted by Crippen LogP contribution is -2.33. The van der Waals surface area contributed by atoms with Gasteiger partial charge in [-0.25, -0.2) is 4.79 Å². The molecular weight excluding hydrogens is 310 g/mol. The van der Waals surface area contributed by atoms with E-state index in [9.17, 15) is 4.79 Å². The molecule has 2 aliphatic heterocycles. The molecule has 2 aliphatic rings. The standard InChI is InChI=1S/C18H21N3O.ClH/c1-5-20-13(4)15-12(3)19-16(14-10-8-7-9-11-14)17(15)21(6-2)18(20)22;/h7-11H,5-6H2,1-4H3;1H. The number of nitrogens with zero attached hydrogens (tertiary/aromatic N) is 3. The molecule has 0 atom stereocenters. The summed E-state index contributed by atoms with van der Waals surface area (Å²) in [6.45, 7) is 9.35. The van der Waals surface area contributed by atoms with Crippen LogP contribution in [0.1, 0.15) is 25.2 Å². The van der Waals surface area contributed by atoms with Gasteiger partial charge in [-0.1, -0.05) is 30.3 Å². The number of fused-ring (bicyclic) bond motifs is 1. The van der Waals surface area contributed by atoms with Gasteiger partial charge < -0.3 is 0 Å². The molecule has 0 spiro atoms. The molecule has 0 saturated carbocycles. The molecule has 1 aromatic rings. The van der Waals surface area contributed by atoms with E-state index in [0.717, 1.165) is 33.9 Å². The van der Waals surface area contributed by atoms with Gasteiger partial charge in [0.2, 0.25) is 0 Å². The highest BCUT2D eigenvalue weighted by atomic mass is 35.5. The van der Waals surface area contributed by atoms with Crippen LogP contribution >= 0.6 is 12.4 Å². The van der Waals surface area contributed by atoms with Crippen LogP contribution < -0.4 is 5.69 Å². The molecule has 0 bridgehead atoms. The minimum Gasteiger partial charge on any atom is -0.298 e. The van der Waals surface area contributed by atoms with E-state index in [1.54, 1.807) is 0 Å². The lowest BCUT2D eigenvalue weighted by atomic mass is 10.0. The van der Waals surface area contributed by atoms with Crippen LogP contribution in [0.4, 0.5) is 0 Å². The highest BCUT2D eigenvalue weighted by molar-refractivity contribution is 5.85. The average Bonchev–Trinajstić information content (AvgIpc) is 2.87. The molecule has 0 saturated heterocycles. The van der Waals surface area contributed by atoms with Crippen molar-refractivity contribution in [3.63, 3.8) is 0 Å². The predicted molar refractivity (Wildman–Crippen MR) is 96.6 cm³/mol. The van der Waals surface area contributed by atoms with Gasteiger partial charge in [-0.05, 0) is 27.7 Å². The van der Waals surface area contributed by atoms with Gasteiger partial charge in [0.15, 0.2) is 0 Å². The molecule has 0 amide bonds. The van der Waals surface area contributed by atoms with Gasteiger partial charge in [-0.2, -0.15) is 0 Å². The first-order valence-electron chi connectivity index (χ1n) is 7.75. The first-order valence-corrected chi connectivity index (χ1v) is 7.75. The van der Waals surface area contributed by atoms with Gasteiger partial charge in [0.05, 0.1) is 11.4 Å². The van der Waals surface area contributed by atoms with E-state index in [0.29, 0.717) is 13.1 Å². The molecule has 0 fully saturated rings. The molecule has 0 aromatic heterocycles. The quantitative estimate of drug-likeness (QED) is 0.730. The lowest BCUT2D eigenvalue weighted by molar-refractivity contribution is 0.594. The molecule has 23 heavy (non-hydrogen) atoms. The average molecular weight is 332 g/mol. The van der Waals surface area contributed by atoms with Crippen molar-refractivity contribution in [2.24, 2.45) is 0 Å². The van der Waals surface area contributed by atoms with E-state index < -0.39 is 0 Å². The molecule has 3 rings (SSSR count). The van der Waals surface area contributed by atoms with Crippen molar-refractivity contribution in [1.82, 2.24) is 14.1 Å². The highest BCUT2D eigenvalue weighted by Gasteiger charge is 2.25. The van der Waals surface area contributed by atoms with Crippen LogP contribution in [0.25, 0.3) is 22.5 Å². The normalized spacial score (nSPS) is 10.8. The summed E-state index contributed by atoms with van der Waals surface area (Å²) in [4.78, 5) is 17.5. The third-order valence-electron chi connectivity index (χ3n) is 4.28. The summed E-state index contributed by atoms with van der Waals surface area (Å²) in [6.07, 6.45) is 0. The first kappa shape index (κ1) is 17.3. The fourth-order valence-electron chi connectivity index (χ4n) is 3.25. The second-order valence-corrected chi connectivity index (χ2v) is 5.49. The van der Waals surface area contributed by atoms with Crippen molar-refractivity contribution >= 4 is 12.4 Å². The van der Waals surface area contributed by atoms with E-state index in [1.165, 1.54) is 0 Å². The molecule has 2 heterocycles. The Morgan fingerprint density at radius 1 is 1.00 bits per heavy atom. The zero-order valence-electron chi connectivity index (χ0n) is 14.0. The number of hydrogen-bond acceptors (Lipinski definition) is 2. The Hall–Kier alpha value is -2.07. The number of aryl methyl sites for hydroxylation is 1. The summed E-state index contributed by atoms with van der Waals surface area (Å²) in [5.74, 6) is 0. The molecule has 0 radical (unpaired) electrons. The van der Waals surface area contributed by atoms with Crippen LogP contribution in [0.2, 0.25) is 0 Å². The van der Waals surface area contributed by atoms with Crippen LogP contribution in [-0.4, -0.2) is 14.1 Å². The number of benzene rings is 1. The molecule has 122 valence electrons. The Labute approximate surface area is 142 Å². The van der Waals surface area contributed by atoms with Gasteiger partial charge in [0.25, 0.3) is 0 Å². The van der Waals surface area contributed by atoms with Crippen molar-refractivity contribution in [1.29, 1.82) is 0 Å². The van der Waals surface area contributed by atoms with Gasteiger partial charge in [-0.3, -0.25) is 14.1 Å². The van der Waals surface area contributed by atoms with Crippen LogP contribution in [0, 0.1) is 13.8 Å². The van der Waals surface area contributed by atoms with Gasteiger partial charge in [-0.15, -0.1) is 12.4 Å². The van der Waals surface area contributed by atoms with Crippen molar-refractivity contribution < 1.29 is 0 Å². The molecular formula is C18H22ClN3O. The summed E-state index contributed by atoms with van der Waals surface area (Å²) in [6, 6.07) is 10.1. The van der Waals surface area contributed by atoms with Crippen molar-refractivity contribution in [2.45, 2.75) is 40.8 Å². The Morgan fingerprint density at radius 2 is 1.61 bits per heavy atom. The Kier molecular flexibility index (Phi) is 4.95. The predicted octanol–water partition coefficient (Wildman–Crippen LogP) is 3.90. The molecule has 5 heteroatoms. The van der Waals surface area contributed by atoms with E-state index in [4.69, 9.17) is 4.98 Å². The number of rotatable bonds is 3. The second kappa shape index (κ2) is 6.59. The minimum absolute atomic E-state index is 0. The summed E-state index contributed by atoms with van der Waals surface area (Å²) in [7, 11) is 0. The topological polar surface area (TPSA) is 39.8 Å². The third kappa shape index (κ3) is 2.57. The van der Waals surface area contributed by atoms with E-state index in [2.05, 4.69) is 0 Å². The Bertz CT molecular complexity index is 849. The maximum absolute atomic E-state index is 12.8. The Morgan fingerprint density at radius 3 is 2.17 bits per heavy atom. The highest BCUT2D eigenvalue weighted by Crippen LogP contribution is 2.36. The molecule has 0 unspecified atom stereocenters. The van der Waals surface area contributed by atoms with E-state index >= 15 is 0 Å². The van der Waals surface area contributed by atoms with Crippen molar-refractivity contribution in [3.05, 3.63) is 52.2 Å². The zero-order chi connectivity index (χ0) is 15.9. The van der Waals surface area contributed by atoms with Gasteiger partial charge in [0, 0.05) is 35.6 Å². The van der Waals surface area contributed by atoms with E-state index in [1.807, 2.05) is 67.2 Å². The molecule has 1 aromatic carbocycles. The van der Waals surface area contributed by atoms with Crippen LogP contribution in [0.15, 0.2) is 35.1 Å². The molecule has 0 N–H and O–H groups in total. The third-order valence-corrected chi connectivity index (χ3v) is 4.28. The van der Waals surface area contributed by atoms with Crippen LogP contribution in [-0.2, 0) is 13.1 Å². The molecule has 4 nitrogen and oxygen atoms in total. The summed E-state index contributed by atoms with van der Waals surface area (Å²) in [5.41, 5.74) is 6.03. The monoisotopic (exact) mass is 331 g/mol. The maximum Gasteiger partial charge on any atom is 0.328 e. The Balaban J connectivity index is 0.00000192. The lowest BCUT2D eigenvalue weighted by Gasteiger charge is -2.19. The number of halogens is 1. The van der Waals surface area contributed by atoms with Crippen molar-refractivity contribution in [3.8, 4) is 22.5 Å². The van der Waals surface area contributed by atoms with E-state index in [-0.39, 0.29) is 18.1 Å². The SMILES string of the molecule is CCn1c(C)c2c(C)nc(-c3ccccc3)c-2n(CC)c1=O.Cl. The number of aromatic nitrogens is 3. The van der Waals surface area contributed by atoms with Crippen molar-refractivity contribution in [2.75, 3.05) is 0 Å². The van der Waals surface area contributed by atoms with Crippen LogP contribution in [0.3, 0.4) is 0 Å². The zero-order valence-corrected chi connectivity index (χ0v) is 14.8. The number of hydrogen-bond donors (Lipinski definition) is 0. The van der Waals surface area contributed by atoms with Crippen LogP contribution in [0.5, 0.6) is 0 Å². The largest absolute Gasteiger partial charge is 0.328 e. The second-order valence-electron chi connectivity index (χ2n) is 5.49. The van der Waals surface area contributed by atoms with Gasteiger partial charge in [0.1, 0.15) is 0 Å². The maximum atomic E-state index is 12.8. The smallest absolute Gasteiger partial charge is 0.298 e.